The summed E-state index contributed by atoms with van der Waals surface area (Å²) in [5.41, 5.74) is 1.94. The molecule has 2 aromatic carbocycles. The Bertz CT molecular complexity index is 857. The first-order valence-electron chi connectivity index (χ1n) is 5.86. The zero-order chi connectivity index (χ0) is 15.7. The second-order valence-electron chi connectivity index (χ2n) is 4.52. The quantitative estimate of drug-likeness (QED) is 0.885. The third kappa shape index (κ3) is 4.28. The second-order valence-corrected chi connectivity index (χ2v) is 7.83. The average molecular weight is 326 g/mol. The molecule has 0 aliphatic carbocycles. The summed E-state index contributed by atoms with van der Waals surface area (Å²) in [7, 11) is -7.07. The normalized spacial score (nSPS) is 12.1. The van der Waals surface area contributed by atoms with Crippen LogP contribution in [-0.4, -0.2) is 23.1 Å². The van der Waals surface area contributed by atoms with Gasteiger partial charge in [0.25, 0.3) is 0 Å². The minimum absolute atomic E-state index is 0.0247. The van der Waals surface area contributed by atoms with Gasteiger partial charge in [-0.3, -0.25) is 4.72 Å². The van der Waals surface area contributed by atoms with Crippen LogP contribution in [0.15, 0.2) is 53.4 Å². The van der Waals surface area contributed by atoms with Crippen molar-refractivity contribution in [2.45, 2.75) is 4.90 Å². The summed E-state index contributed by atoms with van der Waals surface area (Å²) in [5, 5.41) is 5.03. The largest absolute Gasteiger partial charge is 0.284 e. The molecule has 0 aromatic heterocycles. The molecule has 6 nitrogen and oxygen atoms in total. The number of hydrogen-bond acceptors (Lipinski definition) is 4. The van der Waals surface area contributed by atoms with Crippen molar-refractivity contribution < 1.29 is 16.8 Å². The molecule has 21 heavy (non-hydrogen) atoms. The smallest absolute Gasteiger partial charge is 0.238 e. The van der Waals surface area contributed by atoms with Gasteiger partial charge in [-0.05, 0) is 35.4 Å². The van der Waals surface area contributed by atoms with Gasteiger partial charge in [-0.1, -0.05) is 24.3 Å². The Labute approximate surface area is 123 Å². The molecule has 0 atom stereocenters. The second kappa shape index (κ2) is 5.47. The molecule has 0 saturated heterocycles. The van der Waals surface area contributed by atoms with Gasteiger partial charge in [0.2, 0.25) is 20.0 Å². The molecule has 0 spiro atoms. The maximum atomic E-state index is 11.2. The van der Waals surface area contributed by atoms with Gasteiger partial charge in [0, 0.05) is 5.69 Å². The zero-order valence-electron chi connectivity index (χ0n) is 11.1. The van der Waals surface area contributed by atoms with Crippen LogP contribution in [0.1, 0.15) is 0 Å². The lowest BCUT2D eigenvalue weighted by Gasteiger charge is -2.07. The summed E-state index contributed by atoms with van der Waals surface area (Å²) < 4.78 is 47.2. The van der Waals surface area contributed by atoms with E-state index in [0.717, 1.165) is 17.4 Å². The van der Waals surface area contributed by atoms with Gasteiger partial charge in [0.05, 0.1) is 11.2 Å². The molecule has 0 fully saturated rings. The molecular formula is C13H14N2O4S2. The Morgan fingerprint density at radius 1 is 0.905 bits per heavy atom. The lowest BCUT2D eigenvalue weighted by atomic mass is 10.1. The minimum Gasteiger partial charge on any atom is -0.284 e. The third-order valence-electron chi connectivity index (χ3n) is 2.68. The van der Waals surface area contributed by atoms with E-state index in [2.05, 4.69) is 4.72 Å². The highest BCUT2D eigenvalue weighted by atomic mass is 32.2. The number of anilines is 1. The van der Waals surface area contributed by atoms with Crippen LogP contribution >= 0.6 is 0 Å². The highest BCUT2D eigenvalue weighted by Gasteiger charge is 2.08. The molecule has 0 amide bonds. The lowest BCUT2D eigenvalue weighted by Crippen LogP contribution is -2.11. The monoisotopic (exact) mass is 326 g/mol. The fraction of sp³-hybridized carbons (Fsp3) is 0.0769. The summed E-state index contributed by atoms with van der Waals surface area (Å²) >= 11 is 0. The summed E-state index contributed by atoms with van der Waals surface area (Å²) in [6.07, 6.45) is 1.07. The Morgan fingerprint density at radius 2 is 1.52 bits per heavy atom. The number of primary sulfonamides is 1. The van der Waals surface area contributed by atoms with Crippen LogP contribution in [0.4, 0.5) is 5.69 Å². The van der Waals surface area contributed by atoms with Crippen LogP contribution in [0.25, 0.3) is 11.1 Å². The molecule has 0 aliphatic heterocycles. The molecule has 2 aromatic rings. The SMILES string of the molecule is CS(=O)(=O)Nc1cccc(-c2ccc(S(N)(=O)=O)cc2)c1. The number of sulfonamides is 2. The maximum Gasteiger partial charge on any atom is 0.238 e. The van der Waals surface area contributed by atoms with Crippen molar-refractivity contribution in [3.63, 3.8) is 0 Å². The van der Waals surface area contributed by atoms with Gasteiger partial charge >= 0.3 is 0 Å². The van der Waals surface area contributed by atoms with Crippen molar-refractivity contribution in [2.75, 3.05) is 11.0 Å². The van der Waals surface area contributed by atoms with Crippen molar-refractivity contribution in [3.05, 3.63) is 48.5 Å². The number of hydrogen-bond donors (Lipinski definition) is 2. The Kier molecular flexibility index (Phi) is 4.04. The van der Waals surface area contributed by atoms with E-state index in [1.165, 1.54) is 12.1 Å². The van der Waals surface area contributed by atoms with E-state index in [1.54, 1.807) is 36.4 Å². The summed E-state index contributed by atoms with van der Waals surface area (Å²) in [6.45, 7) is 0. The van der Waals surface area contributed by atoms with Crippen LogP contribution in [0.2, 0.25) is 0 Å². The molecule has 0 unspecified atom stereocenters. The molecule has 0 bridgehead atoms. The molecule has 2 rings (SSSR count). The maximum absolute atomic E-state index is 11.2. The van der Waals surface area contributed by atoms with Gasteiger partial charge in [0.1, 0.15) is 0 Å². The van der Waals surface area contributed by atoms with Gasteiger partial charge in [-0.15, -0.1) is 0 Å². The van der Waals surface area contributed by atoms with Crippen molar-refractivity contribution in [1.29, 1.82) is 0 Å². The number of rotatable bonds is 4. The van der Waals surface area contributed by atoms with Crippen LogP contribution in [0, 0.1) is 0 Å². The molecule has 0 heterocycles. The molecule has 8 heteroatoms. The highest BCUT2D eigenvalue weighted by Crippen LogP contribution is 2.24. The fourth-order valence-electron chi connectivity index (χ4n) is 1.81. The third-order valence-corrected chi connectivity index (χ3v) is 4.22. The van der Waals surface area contributed by atoms with Gasteiger partial charge in [0.15, 0.2) is 0 Å². The summed E-state index contributed by atoms with van der Waals surface area (Å²) in [4.78, 5) is 0.0247. The van der Waals surface area contributed by atoms with E-state index < -0.39 is 20.0 Å². The van der Waals surface area contributed by atoms with Crippen molar-refractivity contribution in [2.24, 2.45) is 5.14 Å². The molecular weight excluding hydrogens is 312 g/mol. The van der Waals surface area contributed by atoms with Crippen LogP contribution < -0.4 is 9.86 Å². The Morgan fingerprint density at radius 3 is 2.05 bits per heavy atom. The first-order chi connectivity index (χ1) is 9.65. The fourth-order valence-corrected chi connectivity index (χ4v) is 2.88. The standard InChI is InChI=1S/C13H14N2O4S2/c1-20(16,17)15-12-4-2-3-11(9-12)10-5-7-13(8-6-10)21(14,18)19/h2-9,15H,1H3,(H2,14,18,19). The predicted molar refractivity (Wildman–Crippen MR) is 81.7 cm³/mol. The van der Waals surface area contributed by atoms with Crippen molar-refractivity contribution >= 4 is 25.7 Å². The number of nitrogens with one attached hydrogen (secondary N) is 1. The summed E-state index contributed by atoms with van der Waals surface area (Å²) in [5.74, 6) is 0. The van der Waals surface area contributed by atoms with Gasteiger partial charge < -0.3 is 0 Å². The van der Waals surface area contributed by atoms with Crippen LogP contribution in [0.5, 0.6) is 0 Å². The average Bonchev–Trinajstić information content (AvgIpc) is 2.36. The molecule has 112 valence electrons. The zero-order valence-corrected chi connectivity index (χ0v) is 12.8. The molecule has 0 radical (unpaired) electrons. The van der Waals surface area contributed by atoms with E-state index in [9.17, 15) is 16.8 Å². The predicted octanol–water partition coefficient (Wildman–Crippen LogP) is 1.37. The van der Waals surface area contributed by atoms with Crippen molar-refractivity contribution in [1.82, 2.24) is 0 Å². The summed E-state index contributed by atoms with van der Waals surface area (Å²) in [6, 6.07) is 12.8. The van der Waals surface area contributed by atoms with E-state index in [0.29, 0.717) is 5.69 Å². The van der Waals surface area contributed by atoms with E-state index in [1.807, 2.05) is 0 Å². The Hall–Kier alpha value is -1.90. The first kappa shape index (κ1) is 15.5. The van der Waals surface area contributed by atoms with E-state index in [4.69, 9.17) is 5.14 Å². The van der Waals surface area contributed by atoms with E-state index in [-0.39, 0.29) is 4.90 Å². The van der Waals surface area contributed by atoms with E-state index >= 15 is 0 Å². The first-order valence-corrected chi connectivity index (χ1v) is 9.30. The topological polar surface area (TPSA) is 106 Å². The number of nitrogens with two attached hydrogens (primary N) is 1. The Balaban J connectivity index is 2.37. The van der Waals surface area contributed by atoms with Crippen LogP contribution in [0.3, 0.4) is 0 Å². The number of benzene rings is 2. The van der Waals surface area contributed by atoms with Crippen molar-refractivity contribution in [3.8, 4) is 11.1 Å². The molecule has 0 saturated carbocycles. The minimum atomic E-state index is -3.73. The molecule has 0 aliphatic rings. The highest BCUT2D eigenvalue weighted by molar-refractivity contribution is 7.92. The lowest BCUT2D eigenvalue weighted by molar-refractivity contribution is 0.597. The van der Waals surface area contributed by atoms with Gasteiger partial charge in [-0.2, -0.15) is 0 Å². The molecule has 3 N–H and O–H groups in total. The van der Waals surface area contributed by atoms with Gasteiger partial charge in [-0.25, -0.2) is 22.0 Å². The van der Waals surface area contributed by atoms with Crippen LogP contribution in [-0.2, 0) is 20.0 Å².